The molecule has 0 saturated carbocycles. The number of carboxylic acid groups (broad SMARTS) is 1. The maximum Gasteiger partial charge on any atom is 0.336 e. The van der Waals surface area contributed by atoms with Gasteiger partial charge in [0.25, 0.3) is 5.69 Å². The van der Waals surface area contributed by atoms with E-state index in [1.54, 1.807) is 0 Å². The van der Waals surface area contributed by atoms with Crippen molar-refractivity contribution in [3.8, 4) is 0 Å². The summed E-state index contributed by atoms with van der Waals surface area (Å²) in [7, 11) is 0. The zero-order valence-corrected chi connectivity index (χ0v) is 11.4. The maximum absolute atomic E-state index is 11.2. The summed E-state index contributed by atoms with van der Waals surface area (Å²) in [5, 5.41) is 19.9. The molecule has 0 saturated heterocycles. The number of benzene rings is 2. The van der Waals surface area contributed by atoms with Crippen LogP contribution in [0.5, 0.6) is 0 Å². The van der Waals surface area contributed by atoms with Crippen LogP contribution in [0.4, 0.5) is 5.69 Å². The molecule has 0 aliphatic heterocycles. The molecule has 6 heteroatoms. The van der Waals surface area contributed by atoms with Crippen molar-refractivity contribution in [1.29, 1.82) is 0 Å². The van der Waals surface area contributed by atoms with E-state index < -0.39 is 10.9 Å². The van der Waals surface area contributed by atoms with E-state index in [0.717, 1.165) is 10.5 Å². The number of nitrogens with zero attached hydrogens (tertiary/aromatic N) is 1. The number of non-ortho nitro benzene ring substituents is 1. The van der Waals surface area contributed by atoms with Crippen molar-refractivity contribution in [2.45, 2.75) is 16.7 Å². The minimum absolute atomic E-state index is 0.0575. The van der Waals surface area contributed by atoms with E-state index in [1.807, 2.05) is 31.2 Å². The molecule has 0 unspecified atom stereocenters. The molecule has 20 heavy (non-hydrogen) atoms. The number of carboxylic acids is 1. The van der Waals surface area contributed by atoms with Crippen LogP contribution in [0.1, 0.15) is 15.9 Å². The molecule has 2 rings (SSSR count). The Morgan fingerprint density at radius 2 is 2.00 bits per heavy atom. The van der Waals surface area contributed by atoms with Crippen molar-refractivity contribution in [2.24, 2.45) is 0 Å². The highest BCUT2D eigenvalue weighted by Gasteiger charge is 2.16. The van der Waals surface area contributed by atoms with Crippen LogP contribution in [0.15, 0.2) is 52.3 Å². The Hall–Kier alpha value is -2.34. The number of nitro benzene ring substituents is 1. The first-order valence-electron chi connectivity index (χ1n) is 5.73. The number of aromatic carboxylic acids is 1. The third kappa shape index (κ3) is 3.16. The second-order valence-corrected chi connectivity index (χ2v) is 5.28. The van der Waals surface area contributed by atoms with Gasteiger partial charge in [-0.15, -0.1) is 0 Å². The highest BCUT2D eigenvalue weighted by Crippen LogP contribution is 2.33. The van der Waals surface area contributed by atoms with E-state index in [-0.39, 0.29) is 11.3 Å². The largest absolute Gasteiger partial charge is 0.478 e. The first-order chi connectivity index (χ1) is 9.47. The zero-order valence-electron chi connectivity index (χ0n) is 10.6. The summed E-state index contributed by atoms with van der Waals surface area (Å²) in [6.45, 7) is 1.93. The Morgan fingerprint density at radius 3 is 2.60 bits per heavy atom. The number of hydrogen-bond acceptors (Lipinski definition) is 4. The normalized spacial score (nSPS) is 10.2. The van der Waals surface area contributed by atoms with Crippen molar-refractivity contribution >= 4 is 23.4 Å². The van der Waals surface area contributed by atoms with Gasteiger partial charge in [-0.25, -0.2) is 4.79 Å². The second-order valence-electron chi connectivity index (χ2n) is 4.16. The Bertz CT molecular complexity index is 685. The Balaban J connectivity index is 2.44. The second kappa shape index (κ2) is 5.75. The van der Waals surface area contributed by atoms with Crippen LogP contribution in [0.2, 0.25) is 0 Å². The van der Waals surface area contributed by atoms with Gasteiger partial charge in [0.1, 0.15) is 0 Å². The molecule has 2 aromatic rings. The van der Waals surface area contributed by atoms with Crippen LogP contribution in [0, 0.1) is 17.0 Å². The summed E-state index contributed by atoms with van der Waals surface area (Å²) in [5.74, 6) is -1.10. The molecule has 0 spiro atoms. The van der Waals surface area contributed by atoms with Crippen LogP contribution in [0.3, 0.4) is 0 Å². The van der Waals surface area contributed by atoms with Crippen molar-refractivity contribution in [1.82, 2.24) is 0 Å². The van der Waals surface area contributed by atoms with Crippen LogP contribution in [-0.2, 0) is 0 Å². The van der Waals surface area contributed by atoms with Crippen molar-refractivity contribution < 1.29 is 14.8 Å². The van der Waals surface area contributed by atoms with E-state index >= 15 is 0 Å². The molecule has 0 amide bonds. The van der Waals surface area contributed by atoms with Crippen LogP contribution < -0.4 is 0 Å². The molecule has 0 aliphatic rings. The van der Waals surface area contributed by atoms with E-state index in [9.17, 15) is 14.9 Å². The first kappa shape index (κ1) is 14.1. The summed E-state index contributed by atoms with van der Waals surface area (Å²) >= 11 is 1.20. The van der Waals surface area contributed by atoms with Gasteiger partial charge in [0.2, 0.25) is 0 Å². The van der Waals surface area contributed by atoms with Gasteiger partial charge in [0.15, 0.2) is 0 Å². The molecule has 0 heterocycles. The molecule has 0 aromatic heterocycles. The molecule has 0 bridgehead atoms. The number of hydrogen-bond donors (Lipinski definition) is 1. The fraction of sp³-hybridized carbons (Fsp3) is 0.0714. The third-order valence-electron chi connectivity index (χ3n) is 2.62. The predicted octanol–water partition coefficient (Wildman–Crippen LogP) is 3.75. The lowest BCUT2D eigenvalue weighted by Crippen LogP contribution is -2.00. The van der Waals surface area contributed by atoms with Gasteiger partial charge >= 0.3 is 5.97 Å². The average Bonchev–Trinajstić information content (AvgIpc) is 2.38. The molecule has 1 N–H and O–H groups in total. The topological polar surface area (TPSA) is 80.4 Å². The molecule has 102 valence electrons. The summed E-state index contributed by atoms with van der Waals surface area (Å²) in [5.41, 5.74) is 0.976. The van der Waals surface area contributed by atoms with E-state index in [4.69, 9.17) is 5.11 Å². The van der Waals surface area contributed by atoms with Crippen LogP contribution >= 0.6 is 11.8 Å². The van der Waals surface area contributed by atoms with Crippen LogP contribution in [-0.4, -0.2) is 16.0 Å². The molecule has 0 radical (unpaired) electrons. The monoisotopic (exact) mass is 289 g/mol. The molecular weight excluding hydrogens is 278 g/mol. The fourth-order valence-electron chi connectivity index (χ4n) is 1.69. The highest BCUT2D eigenvalue weighted by molar-refractivity contribution is 7.99. The number of carbonyl (C=O) groups is 1. The number of nitro groups is 1. The molecule has 0 fully saturated rings. The predicted molar refractivity (Wildman–Crippen MR) is 75.4 cm³/mol. The molecule has 0 atom stereocenters. The SMILES string of the molecule is Cc1cccc(Sc2cc([N+](=O)[O-])ccc2C(=O)O)c1. The molecular formula is C14H11NO4S. The van der Waals surface area contributed by atoms with Crippen molar-refractivity contribution in [3.63, 3.8) is 0 Å². The number of aryl methyl sites for hydroxylation is 1. The van der Waals surface area contributed by atoms with E-state index in [1.165, 1.54) is 30.0 Å². The number of rotatable bonds is 4. The fourth-order valence-corrected chi connectivity index (χ4v) is 2.78. The van der Waals surface area contributed by atoms with Gasteiger partial charge in [0.05, 0.1) is 10.5 Å². The average molecular weight is 289 g/mol. The summed E-state index contributed by atoms with van der Waals surface area (Å²) < 4.78 is 0. The smallest absolute Gasteiger partial charge is 0.336 e. The zero-order chi connectivity index (χ0) is 14.7. The lowest BCUT2D eigenvalue weighted by molar-refractivity contribution is -0.385. The summed E-state index contributed by atoms with van der Waals surface area (Å²) in [6.07, 6.45) is 0. The van der Waals surface area contributed by atoms with Gasteiger partial charge in [0, 0.05) is 21.9 Å². The minimum Gasteiger partial charge on any atom is -0.478 e. The minimum atomic E-state index is -1.10. The highest BCUT2D eigenvalue weighted by atomic mass is 32.2. The van der Waals surface area contributed by atoms with Gasteiger partial charge in [-0.3, -0.25) is 10.1 Å². The quantitative estimate of drug-likeness (QED) is 0.684. The third-order valence-corrected chi connectivity index (χ3v) is 3.67. The van der Waals surface area contributed by atoms with Crippen molar-refractivity contribution in [2.75, 3.05) is 0 Å². The van der Waals surface area contributed by atoms with Crippen molar-refractivity contribution in [3.05, 3.63) is 63.7 Å². The van der Waals surface area contributed by atoms with Gasteiger partial charge in [-0.2, -0.15) is 0 Å². The van der Waals surface area contributed by atoms with Crippen LogP contribution in [0.25, 0.3) is 0 Å². The van der Waals surface area contributed by atoms with E-state index in [2.05, 4.69) is 0 Å². The summed E-state index contributed by atoms with van der Waals surface area (Å²) in [6, 6.07) is 11.3. The summed E-state index contributed by atoms with van der Waals surface area (Å²) in [4.78, 5) is 22.6. The Kier molecular flexibility index (Phi) is 4.05. The first-order valence-corrected chi connectivity index (χ1v) is 6.55. The van der Waals surface area contributed by atoms with Gasteiger partial charge in [-0.05, 0) is 25.1 Å². The van der Waals surface area contributed by atoms with Gasteiger partial charge < -0.3 is 5.11 Å². The molecule has 5 nitrogen and oxygen atoms in total. The Morgan fingerprint density at radius 1 is 1.25 bits per heavy atom. The molecule has 2 aromatic carbocycles. The standard InChI is InChI=1S/C14H11NO4S/c1-9-3-2-4-11(7-9)20-13-8-10(15(18)19)5-6-12(13)14(16)17/h2-8H,1H3,(H,16,17). The van der Waals surface area contributed by atoms with Gasteiger partial charge in [-0.1, -0.05) is 29.5 Å². The maximum atomic E-state index is 11.2. The Labute approximate surface area is 119 Å². The molecule has 0 aliphatic carbocycles. The van der Waals surface area contributed by atoms with E-state index in [0.29, 0.717) is 4.90 Å². The lowest BCUT2D eigenvalue weighted by atomic mass is 10.2. The lowest BCUT2D eigenvalue weighted by Gasteiger charge is -2.06.